The van der Waals surface area contributed by atoms with Crippen molar-refractivity contribution in [3.63, 3.8) is 0 Å². The zero-order valence-corrected chi connectivity index (χ0v) is 16.2. The maximum absolute atomic E-state index is 12.4. The smallest absolute Gasteiger partial charge is 0.330 e. The molecule has 1 atom stereocenters. The van der Waals surface area contributed by atoms with Crippen LogP contribution in [-0.2, 0) is 14.3 Å². The van der Waals surface area contributed by atoms with E-state index in [0.717, 1.165) is 5.56 Å². The van der Waals surface area contributed by atoms with Gasteiger partial charge in [0.05, 0.1) is 21.3 Å². The van der Waals surface area contributed by atoms with Gasteiger partial charge in [0, 0.05) is 11.8 Å². The van der Waals surface area contributed by atoms with E-state index in [9.17, 15) is 9.59 Å². The molecule has 0 aliphatic rings. The lowest BCUT2D eigenvalue weighted by Crippen LogP contribution is -2.30. The van der Waals surface area contributed by atoms with E-state index in [-0.39, 0.29) is 5.91 Å². The summed E-state index contributed by atoms with van der Waals surface area (Å²) in [5, 5.41) is 2.78. The number of methoxy groups -OCH3 is 3. The highest BCUT2D eigenvalue weighted by Gasteiger charge is 2.17. The van der Waals surface area contributed by atoms with Crippen molar-refractivity contribution >= 4 is 23.6 Å². The topological polar surface area (TPSA) is 83.1 Å². The molecular formula is C21H23NO6. The van der Waals surface area contributed by atoms with Gasteiger partial charge in [-0.05, 0) is 55.0 Å². The summed E-state index contributed by atoms with van der Waals surface area (Å²) in [6.45, 7) is 1.64. The summed E-state index contributed by atoms with van der Waals surface area (Å²) >= 11 is 0. The summed E-state index contributed by atoms with van der Waals surface area (Å²) in [4.78, 5) is 23.6. The van der Waals surface area contributed by atoms with E-state index >= 15 is 0 Å². The fourth-order valence-corrected chi connectivity index (χ4v) is 2.28. The van der Waals surface area contributed by atoms with Crippen LogP contribution >= 0.6 is 0 Å². The Balaban J connectivity index is 2.04. The van der Waals surface area contributed by atoms with Crippen LogP contribution in [0.3, 0.4) is 0 Å². The number of hydrogen-bond acceptors (Lipinski definition) is 6. The van der Waals surface area contributed by atoms with Crippen LogP contribution in [0.15, 0.2) is 48.5 Å². The Morgan fingerprint density at radius 3 is 2.29 bits per heavy atom. The van der Waals surface area contributed by atoms with Crippen LogP contribution in [0, 0.1) is 0 Å². The maximum atomic E-state index is 12.4. The SMILES string of the molecule is COC(=O)C=Cc1ccc(OC(C)C(=O)Nc2ccc(OC)cc2)c(OC)c1. The second-order valence-corrected chi connectivity index (χ2v) is 5.74. The Bertz CT molecular complexity index is 844. The van der Waals surface area contributed by atoms with Crippen LogP contribution in [0.1, 0.15) is 12.5 Å². The molecule has 7 nitrogen and oxygen atoms in total. The Morgan fingerprint density at radius 1 is 0.964 bits per heavy atom. The first kappa shape index (κ1) is 20.8. The molecule has 0 fully saturated rings. The summed E-state index contributed by atoms with van der Waals surface area (Å²) in [5.74, 6) is 0.796. The molecule has 7 heteroatoms. The van der Waals surface area contributed by atoms with E-state index < -0.39 is 12.1 Å². The number of benzene rings is 2. The van der Waals surface area contributed by atoms with Crippen molar-refractivity contribution in [3.8, 4) is 17.2 Å². The van der Waals surface area contributed by atoms with Gasteiger partial charge in [-0.25, -0.2) is 4.79 Å². The summed E-state index contributed by atoms with van der Waals surface area (Å²) in [6.07, 6.45) is 2.14. The highest BCUT2D eigenvalue weighted by molar-refractivity contribution is 5.94. The van der Waals surface area contributed by atoms with Gasteiger partial charge in [0.2, 0.25) is 0 Å². The number of ether oxygens (including phenoxy) is 4. The zero-order chi connectivity index (χ0) is 20.5. The number of hydrogen-bond donors (Lipinski definition) is 1. The Morgan fingerprint density at radius 2 is 1.68 bits per heavy atom. The average Bonchev–Trinajstić information content (AvgIpc) is 2.73. The minimum Gasteiger partial charge on any atom is -0.497 e. The molecular weight excluding hydrogens is 362 g/mol. The van der Waals surface area contributed by atoms with Gasteiger partial charge < -0.3 is 24.3 Å². The summed E-state index contributed by atoms with van der Waals surface area (Å²) in [5.41, 5.74) is 1.36. The van der Waals surface area contributed by atoms with Crippen molar-refractivity contribution < 1.29 is 28.5 Å². The van der Waals surface area contributed by atoms with E-state index in [2.05, 4.69) is 10.1 Å². The lowest BCUT2D eigenvalue weighted by molar-refractivity contribution is -0.134. The van der Waals surface area contributed by atoms with Crippen molar-refractivity contribution in [3.05, 3.63) is 54.1 Å². The highest BCUT2D eigenvalue weighted by Crippen LogP contribution is 2.29. The molecule has 0 aromatic heterocycles. The minimum absolute atomic E-state index is 0.304. The summed E-state index contributed by atoms with van der Waals surface area (Å²) < 4.78 is 20.7. The predicted molar refractivity (Wildman–Crippen MR) is 106 cm³/mol. The average molecular weight is 385 g/mol. The summed E-state index contributed by atoms with van der Waals surface area (Å²) in [6, 6.07) is 12.1. The molecule has 0 heterocycles. The van der Waals surface area contributed by atoms with E-state index in [4.69, 9.17) is 14.2 Å². The van der Waals surface area contributed by atoms with E-state index in [1.165, 1.54) is 20.3 Å². The number of rotatable bonds is 8. The Kier molecular flexibility index (Phi) is 7.45. The van der Waals surface area contributed by atoms with Crippen molar-refractivity contribution in [2.45, 2.75) is 13.0 Å². The van der Waals surface area contributed by atoms with Crippen LogP contribution in [-0.4, -0.2) is 39.3 Å². The first-order chi connectivity index (χ1) is 13.5. The molecule has 28 heavy (non-hydrogen) atoms. The van der Waals surface area contributed by atoms with Gasteiger partial charge in [0.15, 0.2) is 17.6 Å². The maximum Gasteiger partial charge on any atom is 0.330 e. The third kappa shape index (κ3) is 5.77. The van der Waals surface area contributed by atoms with Crippen molar-refractivity contribution in [1.82, 2.24) is 0 Å². The molecule has 0 bridgehead atoms. The first-order valence-corrected chi connectivity index (χ1v) is 8.52. The van der Waals surface area contributed by atoms with Gasteiger partial charge in [-0.3, -0.25) is 4.79 Å². The Labute approximate surface area is 163 Å². The van der Waals surface area contributed by atoms with Crippen molar-refractivity contribution in [2.75, 3.05) is 26.6 Å². The van der Waals surface area contributed by atoms with Gasteiger partial charge in [-0.15, -0.1) is 0 Å². The zero-order valence-electron chi connectivity index (χ0n) is 16.2. The third-order valence-electron chi connectivity index (χ3n) is 3.83. The lowest BCUT2D eigenvalue weighted by Gasteiger charge is -2.17. The van der Waals surface area contributed by atoms with Crippen LogP contribution in [0.25, 0.3) is 6.08 Å². The first-order valence-electron chi connectivity index (χ1n) is 8.52. The second kappa shape index (κ2) is 10.0. The fraction of sp³-hybridized carbons (Fsp3) is 0.238. The molecule has 0 radical (unpaired) electrons. The molecule has 148 valence electrons. The van der Waals surface area contributed by atoms with Crippen LogP contribution in [0.4, 0.5) is 5.69 Å². The standard InChI is InChI=1S/C21H23NO6/c1-14(21(24)22-16-7-9-17(25-2)10-8-16)28-18-11-5-15(13-19(18)26-3)6-12-20(23)27-4/h5-14H,1-4H3,(H,22,24). The number of carbonyl (C=O) groups excluding carboxylic acids is 2. The fourth-order valence-electron chi connectivity index (χ4n) is 2.28. The van der Waals surface area contributed by atoms with Gasteiger partial charge in [-0.2, -0.15) is 0 Å². The second-order valence-electron chi connectivity index (χ2n) is 5.74. The normalized spacial score (nSPS) is 11.6. The molecule has 0 aliphatic carbocycles. The van der Waals surface area contributed by atoms with Crippen molar-refractivity contribution in [1.29, 1.82) is 0 Å². The number of carbonyl (C=O) groups is 2. The number of anilines is 1. The summed E-state index contributed by atoms with van der Waals surface area (Å²) in [7, 11) is 4.38. The lowest BCUT2D eigenvalue weighted by atomic mass is 10.2. The van der Waals surface area contributed by atoms with E-state index in [0.29, 0.717) is 22.9 Å². The van der Waals surface area contributed by atoms with E-state index in [1.54, 1.807) is 62.6 Å². The number of amides is 1. The molecule has 1 unspecified atom stereocenters. The quantitative estimate of drug-likeness (QED) is 0.555. The molecule has 1 N–H and O–H groups in total. The highest BCUT2D eigenvalue weighted by atomic mass is 16.5. The van der Waals surface area contributed by atoms with Crippen molar-refractivity contribution in [2.24, 2.45) is 0 Å². The molecule has 0 spiro atoms. The molecule has 2 aromatic carbocycles. The van der Waals surface area contributed by atoms with Crippen LogP contribution in [0.5, 0.6) is 17.2 Å². The van der Waals surface area contributed by atoms with Gasteiger partial charge in [0.25, 0.3) is 5.91 Å². The molecule has 0 saturated heterocycles. The number of nitrogens with one attached hydrogen (secondary N) is 1. The minimum atomic E-state index is -0.757. The predicted octanol–water partition coefficient (Wildman–Crippen LogP) is 3.30. The third-order valence-corrected chi connectivity index (χ3v) is 3.83. The molecule has 2 aromatic rings. The van der Waals surface area contributed by atoms with Gasteiger partial charge in [-0.1, -0.05) is 6.07 Å². The molecule has 2 rings (SSSR count). The Hall–Kier alpha value is -3.48. The molecule has 0 aliphatic heterocycles. The van der Waals surface area contributed by atoms with Crippen LogP contribution in [0.2, 0.25) is 0 Å². The molecule has 0 saturated carbocycles. The van der Waals surface area contributed by atoms with Crippen LogP contribution < -0.4 is 19.5 Å². The van der Waals surface area contributed by atoms with E-state index in [1.807, 2.05) is 0 Å². The monoisotopic (exact) mass is 385 g/mol. The molecule has 1 amide bonds. The van der Waals surface area contributed by atoms with Gasteiger partial charge >= 0.3 is 5.97 Å². The number of esters is 1. The largest absolute Gasteiger partial charge is 0.497 e. The van der Waals surface area contributed by atoms with Gasteiger partial charge in [0.1, 0.15) is 5.75 Å².